The molecule has 0 aliphatic carbocycles. The number of phenols is 1. The number of hydrogen-bond acceptors (Lipinski definition) is 4. The molecule has 2 atom stereocenters. The molecule has 2 unspecified atom stereocenters. The lowest BCUT2D eigenvalue weighted by Gasteiger charge is -2.20. The Hall–Kier alpha value is -1.07. The molecule has 1 aromatic rings. The number of aliphatic hydroxyl groups excluding tert-OH is 1. The van der Waals surface area contributed by atoms with Crippen LogP contribution in [0.25, 0.3) is 0 Å². The Kier molecular flexibility index (Phi) is 3.92. The zero-order valence-corrected chi connectivity index (χ0v) is 10.9. The van der Waals surface area contributed by atoms with E-state index in [-0.39, 0.29) is 35.7 Å². The molecule has 1 aliphatic rings. The summed E-state index contributed by atoms with van der Waals surface area (Å²) in [5.74, 6) is 0.584. The number of benzene rings is 1. The van der Waals surface area contributed by atoms with Crippen molar-refractivity contribution in [3.05, 3.63) is 29.8 Å². The molecule has 1 aromatic carbocycles. The topological polar surface area (TPSA) is 74.6 Å². The zero-order chi connectivity index (χ0) is 13.2. The molecular weight excluding hydrogens is 252 g/mol. The van der Waals surface area contributed by atoms with Crippen LogP contribution in [0, 0.1) is 11.8 Å². The van der Waals surface area contributed by atoms with Gasteiger partial charge >= 0.3 is 0 Å². The molecule has 2 rings (SSSR count). The van der Waals surface area contributed by atoms with Gasteiger partial charge in [-0.2, -0.15) is 0 Å². The summed E-state index contributed by atoms with van der Waals surface area (Å²) in [6.45, 7) is -0.0180. The smallest absolute Gasteiger partial charge is 0.150 e. The average molecular weight is 270 g/mol. The monoisotopic (exact) mass is 270 g/mol. The van der Waals surface area contributed by atoms with Crippen molar-refractivity contribution in [2.24, 2.45) is 11.8 Å². The molecule has 0 saturated carbocycles. The Morgan fingerprint density at radius 1 is 1.39 bits per heavy atom. The normalized spacial score (nSPS) is 23.9. The molecule has 4 nitrogen and oxygen atoms in total. The van der Waals surface area contributed by atoms with Crippen LogP contribution < -0.4 is 0 Å². The van der Waals surface area contributed by atoms with Crippen molar-refractivity contribution in [1.82, 2.24) is 0 Å². The summed E-state index contributed by atoms with van der Waals surface area (Å²) in [6.07, 6.45) is 1.23. The molecular formula is C13H18O4S. The van der Waals surface area contributed by atoms with Gasteiger partial charge in [-0.1, -0.05) is 12.1 Å². The Balaban J connectivity index is 2.06. The number of rotatable bonds is 4. The third-order valence-electron chi connectivity index (χ3n) is 3.58. The Morgan fingerprint density at radius 2 is 2.17 bits per heavy atom. The molecule has 18 heavy (non-hydrogen) atoms. The third kappa shape index (κ3) is 3.23. The third-order valence-corrected chi connectivity index (χ3v) is 5.37. The van der Waals surface area contributed by atoms with E-state index >= 15 is 0 Å². The predicted molar refractivity (Wildman–Crippen MR) is 69.1 cm³/mol. The van der Waals surface area contributed by atoms with Crippen LogP contribution in [0.3, 0.4) is 0 Å². The van der Waals surface area contributed by atoms with Crippen molar-refractivity contribution in [3.63, 3.8) is 0 Å². The highest BCUT2D eigenvalue weighted by Gasteiger charge is 2.33. The van der Waals surface area contributed by atoms with Gasteiger partial charge in [-0.3, -0.25) is 0 Å². The van der Waals surface area contributed by atoms with E-state index in [1.54, 1.807) is 18.2 Å². The maximum absolute atomic E-state index is 11.4. The Labute approximate surface area is 107 Å². The van der Waals surface area contributed by atoms with Gasteiger partial charge in [0, 0.05) is 6.61 Å². The maximum atomic E-state index is 11.4. The quantitative estimate of drug-likeness (QED) is 0.855. The second-order valence-electron chi connectivity index (χ2n) is 4.98. The lowest BCUT2D eigenvalue weighted by atomic mass is 9.87. The molecule has 1 heterocycles. The summed E-state index contributed by atoms with van der Waals surface area (Å²) in [4.78, 5) is 0. The molecule has 0 spiro atoms. The van der Waals surface area contributed by atoms with Gasteiger partial charge in [-0.25, -0.2) is 8.42 Å². The summed E-state index contributed by atoms with van der Waals surface area (Å²) < 4.78 is 22.9. The van der Waals surface area contributed by atoms with Gasteiger partial charge in [0.05, 0.1) is 11.5 Å². The minimum atomic E-state index is -2.91. The van der Waals surface area contributed by atoms with Crippen molar-refractivity contribution >= 4 is 9.84 Å². The molecule has 1 aliphatic heterocycles. The van der Waals surface area contributed by atoms with Crippen molar-refractivity contribution < 1.29 is 18.6 Å². The van der Waals surface area contributed by atoms with Crippen molar-refractivity contribution in [3.8, 4) is 5.75 Å². The highest BCUT2D eigenvalue weighted by atomic mass is 32.2. The first-order valence-corrected chi connectivity index (χ1v) is 7.91. The molecule has 5 heteroatoms. The molecule has 0 bridgehead atoms. The van der Waals surface area contributed by atoms with E-state index in [2.05, 4.69) is 0 Å². The van der Waals surface area contributed by atoms with Crippen LogP contribution in [0.4, 0.5) is 0 Å². The standard InChI is InChI=1S/C13H18O4S/c14-8-12(11-4-5-18(16,17)9-11)6-10-2-1-3-13(15)7-10/h1-3,7,11-12,14-15H,4-6,8-9H2. The summed E-state index contributed by atoms with van der Waals surface area (Å²) >= 11 is 0. The summed E-state index contributed by atoms with van der Waals surface area (Å²) in [5.41, 5.74) is 0.929. The van der Waals surface area contributed by atoms with Gasteiger partial charge in [-0.05, 0) is 42.4 Å². The highest BCUT2D eigenvalue weighted by molar-refractivity contribution is 7.91. The number of aliphatic hydroxyl groups is 1. The lowest BCUT2D eigenvalue weighted by Crippen LogP contribution is -2.22. The van der Waals surface area contributed by atoms with Crippen LogP contribution in [0.2, 0.25) is 0 Å². The highest BCUT2D eigenvalue weighted by Crippen LogP contribution is 2.28. The first kappa shape index (κ1) is 13.4. The van der Waals surface area contributed by atoms with Gasteiger partial charge in [0.15, 0.2) is 9.84 Å². The van der Waals surface area contributed by atoms with Crippen LogP contribution in [-0.2, 0) is 16.3 Å². The van der Waals surface area contributed by atoms with Crippen LogP contribution in [-0.4, -0.2) is 36.7 Å². The van der Waals surface area contributed by atoms with E-state index in [4.69, 9.17) is 0 Å². The van der Waals surface area contributed by atoms with E-state index in [9.17, 15) is 18.6 Å². The van der Waals surface area contributed by atoms with Gasteiger partial charge in [0.1, 0.15) is 5.75 Å². The fourth-order valence-corrected chi connectivity index (χ4v) is 4.48. The van der Waals surface area contributed by atoms with Crippen LogP contribution in [0.1, 0.15) is 12.0 Å². The Bertz CT molecular complexity index is 509. The van der Waals surface area contributed by atoms with Gasteiger partial charge in [-0.15, -0.1) is 0 Å². The zero-order valence-electron chi connectivity index (χ0n) is 10.1. The number of sulfone groups is 1. The molecule has 0 aromatic heterocycles. The first-order chi connectivity index (χ1) is 8.50. The Morgan fingerprint density at radius 3 is 2.72 bits per heavy atom. The van der Waals surface area contributed by atoms with Crippen LogP contribution in [0.5, 0.6) is 5.75 Å². The van der Waals surface area contributed by atoms with Gasteiger partial charge in [0.25, 0.3) is 0 Å². The molecule has 1 fully saturated rings. The minimum Gasteiger partial charge on any atom is -0.508 e. The fourth-order valence-electron chi connectivity index (χ4n) is 2.56. The van der Waals surface area contributed by atoms with Crippen molar-refractivity contribution in [1.29, 1.82) is 0 Å². The molecule has 0 radical (unpaired) electrons. The van der Waals surface area contributed by atoms with Gasteiger partial charge in [0.2, 0.25) is 0 Å². The largest absolute Gasteiger partial charge is 0.508 e. The average Bonchev–Trinajstić information content (AvgIpc) is 2.66. The van der Waals surface area contributed by atoms with Gasteiger partial charge < -0.3 is 10.2 Å². The van der Waals surface area contributed by atoms with E-state index in [1.807, 2.05) is 6.07 Å². The van der Waals surface area contributed by atoms with E-state index < -0.39 is 9.84 Å². The van der Waals surface area contributed by atoms with Crippen LogP contribution >= 0.6 is 0 Å². The summed E-state index contributed by atoms with van der Waals surface area (Å²) in [7, 11) is -2.91. The lowest BCUT2D eigenvalue weighted by molar-refractivity contribution is 0.184. The van der Waals surface area contributed by atoms with Crippen molar-refractivity contribution in [2.45, 2.75) is 12.8 Å². The first-order valence-electron chi connectivity index (χ1n) is 6.09. The number of hydrogen-bond donors (Lipinski definition) is 2. The molecule has 1 saturated heterocycles. The second-order valence-corrected chi connectivity index (χ2v) is 7.21. The number of aromatic hydroxyl groups is 1. The molecule has 0 amide bonds. The predicted octanol–water partition coefficient (Wildman–Crippen LogP) is 0.978. The number of phenolic OH excluding ortho intramolecular Hbond substituents is 1. The van der Waals surface area contributed by atoms with E-state index in [1.165, 1.54) is 0 Å². The summed E-state index contributed by atoms with van der Waals surface area (Å²) in [6, 6.07) is 6.89. The van der Waals surface area contributed by atoms with E-state index in [0.29, 0.717) is 12.8 Å². The SMILES string of the molecule is O=S1(=O)CCC(C(CO)Cc2cccc(O)c2)C1. The second kappa shape index (κ2) is 5.28. The van der Waals surface area contributed by atoms with Crippen LogP contribution in [0.15, 0.2) is 24.3 Å². The molecule has 2 N–H and O–H groups in total. The van der Waals surface area contributed by atoms with E-state index in [0.717, 1.165) is 5.56 Å². The fraction of sp³-hybridized carbons (Fsp3) is 0.538. The summed E-state index contributed by atoms with van der Waals surface area (Å²) in [5, 5.41) is 18.8. The molecule has 100 valence electrons. The maximum Gasteiger partial charge on any atom is 0.150 e. The van der Waals surface area contributed by atoms with Crippen molar-refractivity contribution in [2.75, 3.05) is 18.1 Å². The minimum absolute atomic E-state index is 0.0180.